The maximum absolute atomic E-state index is 12.7. The lowest BCUT2D eigenvalue weighted by molar-refractivity contribution is -0.139. The number of hydrogen-bond acceptors (Lipinski definition) is 7. The number of carbonyl (C=O) groups is 2. The van der Waals surface area contributed by atoms with Gasteiger partial charge in [0.05, 0.1) is 29.7 Å². The molecule has 0 saturated heterocycles. The van der Waals surface area contributed by atoms with Crippen molar-refractivity contribution < 1.29 is 24.2 Å². The summed E-state index contributed by atoms with van der Waals surface area (Å²) in [7, 11) is 3.69. The van der Waals surface area contributed by atoms with Crippen molar-refractivity contribution in [3.8, 4) is 11.6 Å². The number of carboxylic acid groups (broad SMARTS) is 1. The Balaban J connectivity index is 1.52. The molecule has 0 aliphatic heterocycles. The Kier molecular flexibility index (Phi) is 7.46. The molecule has 1 aromatic carbocycles. The van der Waals surface area contributed by atoms with Crippen LogP contribution in [0, 0.1) is 0 Å². The SMILES string of the molecule is COc1ccc2nc(OCC(=O)O)c3cnn(CC(=O)NCCN(C)C4CCCCC4)c3c2c1. The van der Waals surface area contributed by atoms with Gasteiger partial charge in [0, 0.05) is 24.5 Å². The number of ether oxygens (including phenoxy) is 2. The van der Waals surface area contributed by atoms with Gasteiger partial charge in [0.2, 0.25) is 11.8 Å². The second-order valence-corrected chi connectivity index (χ2v) is 8.67. The van der Waals surface area contributed by atoms with E-state index in [1.165, 1.54) is 32.1 Å². The van der Waals surface area contributed by atoms with Crippen molar-refractivity contribution in [3.05, 3.63) is 24.4 Å². The van der Waals surface area contributed by atoms with Gasteiger partial charge in [-0.15, -0.1) is 0 Å². The van der Waals surface area contributed by atoms with Gasteiger partial charge in [-0.2, -0.15) is 5.10 Å². The fraction of sp³-hybridized carbons (Fsp3) is 0.500. The van der Waals surface area contributed by atoms with Crippen LogP contribution in [0.15, 0.2) is 24.4 Å². The van der Waals surface area contributed by atoms with Crippen molar-refractivity contribution in [2.75, 3.05) is 33.9 Å². The summed E-state index contributed by atoms with van der Waals surface area (Å²) in [4.78, 5) is 30.5. The number of nitrogens with zero attached hydrogens (tertiary/aromatic N) is 4. The topological polar surface area (TPSA) is 119 Å². The average molecular weight is 470 g/mol. The van der Waals surface area contributed by atoms with E-state index in [4.69, 9.17) is 14.6 Å². The molecule has 182 valence electrons. The molecule has 1 amide bonds. The normalized spacial score (nSPS) is 14.6. The summed E-state index contributed by atoms with van der Waals surface area (Å²) in [5.41, 5.74) is 1.23. The molecule has 0 unspecified atom stereocenters. The van der Waals surface area contributed by atoms with Crippen molar-refractivity contribution in [1.29, 1.82) is 0 Å². The Labute approximate surface area is 197 Å². The highest BCUT2D eigenvalue weighted by atomic mass is 16.5. The summed E-state index contributed by atoms with van der Waals surface area (Å²) in [5, 5.41) is 17.7. The second kappa shape index (κ2) is 10.7. The molecule has 2 N–H and O–H groups in total. The minimum absolute atomic E-state index is 0.0192. The molecule has 0 bridgehead atoms. The molecule has 4 rings (SSSR count). The molecule has 0 radical (unpaired) electrons. The highest BCUT2D eigenvalue weighted by Crippen LogP contribution is 2.32. The summed E-state index contributed by atoms with van der Waals surface area (Å²) in [6, 6.07) is 5.94. The molecule has 3 aromatic rings. The van der Waals surface area contributed by atoms with Gasteiger partial charge < -0.3 is 24.8 Å². The van der Waals surface area contributed by atoms with Crippen molar-refractivity contribution >= 4 is 33.7 Å². The first kappa shape index (κ1) is 23.7. The van der Waals surface area contributed by atoms with E-state index in [9.17, 15) is 9.59 Å². The maximum Gasteiger partial charge on any atom is 0.341 e. The number of likely N-dealkylation sites (N-methyl/N-ethyl adjacent to an activating group) is 1. The molecule has 10 heteroatoms. The van der Waals surface area contributed by atoms with Crippen molar-refractivity contribution in [2.24, 2.45) is 0 Å². The van der Waals surface area contributed by atoms with Crippen LogP contribution in [0.1, 0.15) is 32.1 Å². The molecule has 1 fully saturated rings. The molecule has 1 aliphatic rings. The zero-order chi connectivity index (χ0) is 24.1. The van der Waals surface area contributed by atoms with Gasteiger partial charge in [-0.25, -0.2) is 9.78 Å². The summed E-state index contributed by atoms with van der Waals surface area (Å²) in [6.07, 6.45) is 7.86. The first-order chi connectivity index (χ1) is 16.5. The molecular weight excluding hydrogens is 438 g/mol. The Hall–Kier alpha value is -3.40. The summed E-state index contributed by atoms with van der Waals surface area (Å²) in [5.74, 6) is -0.453. The first-order valence-corrected chi connectivity index (χ1v) is 11.6. The maximum atomic E-state index is 12.7. The van der Waals surface area contributed by atoms with E-state index in [-0.39, 0.29) is 18.3 Å². The number of carboxylic acids is 1. The van der Waals surface area contributed by atoms with Gasteiger partial charge >= 0.3 is 5.97 Å². The van der Waals surface area contributed by atoms with Gasteiger partial charge in [0.25, 0.3) is 0 Å². The summed E-state index contributed by atoms with van der Waals surface area (Å²) in [6.45, 7) is 0.858. The van der Waals surface area contributed by atoms with Crippen LogP contribution >= 0.6 is 0 Å². The quantitative estimate of drug-likeness (QED) is 0.465. The van der Waals surface area contributed by atoms with E-state index in [2.05, 4.69) is 27.3 Å². The summed E-state index contributed by atoms with van der Waals surface area (Å²) >= 11 is 0. The number of amides is 1. The Bertz CT molecular complexity index is 1170. The average Bonchev–Trinajstić information content (AvgIpc) is 3.26. The van der Waals surface area contributed by atoms with E-state index >= 15 is 0 Å². The monoisotopic (exact) mass is 469 g/mol. The standard InChI is InChI=1S/C24H31N5O5/c1-28(16-6-4-3-5-7-16)11-10-25-21(30)14-29-23-18-12-17(33-2)8-9-20(18)27-24(19(23)13-26-29)34-15-22(31)32/h8-9,12-13,16H,3-7,10-11,14-15H2,1-2H3,(H,25,30)(H,31,32). The van der Waals surface area contributed by atoms with Crippen LogP contribution in [0.25, 0.3) is 21.8 Å². The van der Waals surface area contributed by atoms with Crippen LogP contribution in [0.2, 0.25) is 0 Å². The van der Waals surface area contributed by atoms with Crippen LogP contribution in [0.5, 0.6) is 11.6 Å². The Morgan fingerprint density at radius 2 is 2.03 bits per heavy atom. The van der Waals surface area contributed by atoms with Gasteiger partial charge in [-0.05, 0) is 38.1 Å². The van der Waals surface area contributed by atoms with Crippen LogP contribution in [0.3, 0.4) is 0 Å². The molecule has 2 heterocycles. The summed E-state index contributed by atoms with van der Waals surface area (Å²) < 4.78 is 12.4. The number of fused-ring (bicyclic) bond motifs is 3. The molecular formula is C24H31N5O5. The third-order valence-corrected chi connectivity index (χ3v) is 6.36. The van der Waals surface area contributed by atoms with Crippen molar-refractivity contribution in [1.82, 2.24) is 25.0 Å². The number of benzene rings is 1. The molecule has 10 nitrogen and oxygen atoms in total. The molecule has 2 aromatic heterocycles. The lowest BCUT2D eigenvalue weighted by Gasteiger charge is -2.31. The number of aliphatic carboxylic acids is 1. The number of hydrogen-bond donors (Lipinski definition) is 2. The van der Waals surface area contributed by atoms with Crippen molar-refractivity contribution in [3.63, 3.8) is 0 Å². The van der Waals surface area contributed by atoms with Gasteiger partial charge in [-0.3, -0.25) is 9.48 Å². The molecule has 0 atom stereocenters. The Morgan fingerprint density at radius 3 is 2.76 bits per heavy atom. The molecule has 0 spiro atoms. The van der Waals surface area contributed by atoms with Crippen LogP contribution < -0.4 is 14.8 Å². The molecule has 1 saturated carbocycles. The zero-order valence-electron chi connectivity index (χ0n) is 19.6. The predicted molar refractivity (Wildman–Crippen MR) is 127 cm³/mol. The lowest BCUT2D eigenvalue weighted by Crippen LogP contribution is -2.40. The highest BCUT2D eigenvalue weighted by molar-refractivity contribution is 6.06. The molecule has 34 heavy (non-hydrogen) atoms. The van der Waals surface area contributed by atoms with Crippen LogP contribution in [-0.2, 0) is 16.1 Å². The van der Waals surface area contributed by atoms with Gasteiger partial charge in [0.15, 0.2) is 6.61 Å². The van der Waals surface area contributed by atoms with E-state index in [0.29, 0.717) is 34.8 Å². The number of aromatic nitrogens is 3. The van der Waals surface area contributed by atoms with Crippen molar-refractivity contribution in [2.45, 2.75) is 44.7 Å². The van der Waals surface area contributed by atoms with Crippen LogP contribution in [0.4, 0.5) is 0 Å². The third-order valence-electron chi connectivity index (χ3n) is 6.36. The second-order valence-electron chi connectivity index (χ2n) is 8.67. The number of methoxy groups -OCH3 is 1. The van der Waals surface area contributed by atoms with E-state index in [1.54, 1.807) is 30.1 Å². The van der Waals surface area contributed by atoms with E-state index in [1.807, 2.05) is 6.07 Å². The fourth-order valence-corrected chi connectivity index (χ4v) is 4.55. The van der Waals surface area contributed by atoms with Gasteiger partial charge in [-0.1, -0.05) is 19.3 Å². The van der Waals surface area contributed by atoms with Crippen LogP contribution in [-0.4, -0.2) is 76.5 Å². The molecule has 1 aliphatic carbocycles. The number of carbonyl (C=O) groups excluding carboxylic acids is 1. The fourth-order valence-electron chi connectivity index (χ4n) is 4.55. The van der Waals surface area contributed by atoms with E-state index < -0.39 is 12.6 Å². The smallest absolute Gasteiger partial charge is 0.341 e. The van der Waals surface area contributed by atoms with E-state index in [0.717, 1.165) is 11.9 Å². The zero-order valence-corrected chi connectivity index (χ0v) is 19.6. The minimum Gasteiger partial charge on any atom is -0.497 e. The first-order valence-electron chi connectivity index (χ1n) is 11.6. The number of nitrogens with one attached hydrogen (secondary N) is 1. The Morgan fingerprint density at radius 1 is 1.24 bits per heavy atom. The minimum atomic E-state index is -1.10. The predicted octanol–water partition coefficient (Wildman–Crippen LogP) is 2.44. The lowest BCUT2D eigenvalue weighted by atomic mass is 9.94. The number of rotatable bonds is 10. The number of pyridine rings is 1. The third kappa shape index (κ3) is 5.39. The van der Waals surface area contributed by atoms with Gasteiger partial charge in [0.1, 0.15) is 12.3 Å². The highest BCUT2D eigenvalue weighted by Gasteiger charge is 2.19. The largest absolute Gasteiger partial charge is 0.497 e.